The number of carbonyl (C=O) groups excluding carboxylic acids is 4. The van der Waals surface area contributed by atoms with Gasteiger partial charge >= 0.3 is 26.2 Å². The van der Waals surface area contributed by atoms with Gasteiger partial charge in [0, 0.05) is 23.9 Å². The van der Waals surface area contributed by atoms with Crippen molar-refractivity contribution in [3.05, 3.63) is 0 Å². The molecule has 0 aliphatic rings. The molecule has 0 aromatic heterocycles. The van der Waals surface area contributed by atoms with Crippen LogP contribution in [0, 0.1) is 0 Å². The summed E-state index contributed by atoms with van der Waals surface area (Å²) in [6.07, 6.45) is 127. The van der Waals surface area contributed by atoms with Gasteiger partial charge in [-0.25, -0.2) is 0 Å². The second kappa shape index (κ2) is 117. The van der Waals surface area contributed by atoms with Crippen molar-refractivity contribution in [3.63, 3.8) is 0 Å². The first-order valence-electron chi connectivity index (χ1n) is 51.9. The SMILES string of the molecule is CCCCCCCCCCCCCCCCCCCCCCCCCC(=O)[O-].CCCCCCCCCCCCCCCCCCCCCCCCCC(=O)[O-].CCCCCCCCCCCCCCCCCCCCCCCCCC(=O)[O-].CCCCCCCCCCCCCCCCCCCCCCCCCC(=O)[O-].[Zr+4]. The predicted molar refractivity (Wildman–Crippen MR) is 486 cm³/mol. The summed E-state index contributed by atoms with van der Waals surface area (Å²) in [5, 5.41) is 41.2. The van der Waals surface area contributed by atoms with E-state index in [0.29, 0.717) is 0 Å². The van der Waals surface area contributed by atoms with Crippen LogP contribution in [0.15, 0.2) is 0 Å². The summed E-state index contributed by atoms with van der Waals surface area (Å²) in [6.45, 7) is 9.16. The van der Waals surface area contributed by atoms with E-state index in [4.69, 9.17) is 0 Å². The van der Waals surface area contributed by atoms with Crippen molar-refractivity contribution in [2.75, 3.05) is 0 Å². The minimum Gasteiger partial charge on any atom is -0.550 e. The Morgan fingerprint density at radius 1 is 0.115 bits per heavy atom. The molecule has 9 heteroatoms. The molecule has 0 spiro atoms. The summed E-state index contributed by atoms with van der Waals surface area (Å²) in [5.74, 6) is -3.60. The molecule has 0 radical (unpaired) electrons. The van der Waals surface area contributed by atoms with Gasteiger partial charge in [0.2, 0.25) is 0 Å². The van der Waals surface area contributed by atoms with Gasteiger partial charge in [0.05, 0.1) is 0 Å². The summed E-state index contributed by atoms with van der Waals surface area (Å²) in [7, 11) is 0. The van der Waals surface area contributed by atoms with E-state index in [1.54, 1.807) is 0 Å². The van der Waals surface area contributed by atoms with E-state index >= 15 is 0 Å². The minimum absolute atomic E-state index is 0. The molecule has 0 aliphatic carbocycles. The summed E-state index contributed by atoms with van der Waals surface area (Å²) < 4.78 is 0. The van der Waals surface area contributed by atoms with Crippen LogP contribution in [0.4, 0.5) is 0 Å². The third-order valence-electron chi connectivity index (χ3n) is 23.9. The molecule has 0 unspecified atom stereocenters. The number of hydrogen-bond donors (Lipinski definition) is 0. The van der Waals surface area contributed by atoms with E-state index < -0.39 is 23.9 Å². The molecular formula is C104H204O8Zr. The van der Waals surface area contributed by atoms with Gasteiger partial charge in [-0.15, -0.1) is 0 Å². The number of carboxylic acid groups (broad SMARTS) is 4. The molecule has 0 bridgehead atoms. The molecule has 0 N–H and O–H groups in total. The van der Waals surface area contributed by atoms with Crippen molar-refractivity contribution in [2.24, 2.45) is 0 Å². The Morgan fingerprint density at radius 2 is 0.168 bits per heavy atom. The van der Waals surface area contributed by atoms with E-state index in [-0.39, 0.29) is 51.9 Å². The van der Waals surface area contributed by atoms with Crippen LogP contribution in [0.2, 0.25) is 0 Å². The molecular weight excluding hydrogens is 1470 g/mol. The molecule has 8 nitrogen and oxygen atoms in total. The normalized spacial score (nSPS) is 11.1. The molecule has 0 rings (SSSR count). The van der Waals surface area contributed by atoms with E-state index in [2.05, 4.69) is 27.7 Å². The second-order valence-electron chi connectivity index (χ2n) is 35.6. The van der Waals surface area contributed by atoms with Crippen LogP contribution in [-0.2, 0) is 45.4 Å². The Hall–Kier alpha value is -1.24. The number of unbranched alkanes of at least 4 members (excludes halogenated alkanes) is 88. The van der Waals surface area contributed by atoms with Gasteiger partial charge in [-0.3, -0.25) is 0 Å². The third kappa shape index (κ3) is 134. The zero-order chi connectivity index (χ0) is 82.2. The fourth-order valence-corrected chi connectivity index (χ4v) is 16.2. The topological polar surface area (TPSA) is 161 Å². The Bertz CT molecular complexity index is 1450. The van der Waals surface area contributed by atoms with Crippen molar-refractivity contribution in [1.82, 2.24) is 0 Å². The first-order chi connectivity index (χ1) is 55.1. The van der Waals surface area contributed by atoms with Crippen LogP contribution in [0.3, 0.4) is 0 Å². The van der Waals surface area contributed by atoms with Gasteiger partial charge in [0.15, 0.2) is 0 Å². The fourth-order valence-electron chi connectivity index (χ4n) is 16.2. The van der Waals surface area contributed by atoms with Gasteiger partial charge < -0.3 is 39.6 Å². The van der Waals surface area contributed by atoms with Gasteiger partial charge in [0.25, 0.3) is 0 Å². The van der Waals surface area contributed by atoms with Crippen LogP contribution < -0.4 is 20.4 Å². The van der Waals surface area contributed by atoms with Crippen LogP contribution in [0.5, 0.6) is 0 Å². The number of carboxylic acids is 4. The number of carbonyl (C=O) groups is 4. The Labute approximate surface area is 728 Å². The van der Waals surface area contributed by atoms with E-state index in [1.807, 2.05) is 0 Å². The Morgan fingerprint density at radius 3 is 0.221 bits per heavy atom. The molecule has 0 saturated carbocycles. The standard InChI is InChI=1S/4C26H52O2.Zr/c4*1-2-3-4-5-6-7-8-9-10-11-12-13-14-15-16-17-18-19-20-21-22-23-24-25-26(27)28;/h4*2-25H2,1H3,(H,27,28);/q;;;;+4/p-4. The maximum absolute atomic E-state index is 10.3. The molecule has 0 aliphatic heterocycles. The largest absolute Gasteiger partial charge is 4.00 e. The Kier molecular flexibility index (Phi) is 125. The molecule has 0 aromatic carbocycles. The second-order valence-corrected chi connectivity index (χ2v) is 35.6. The summed E-state index contributed by atoms with van der Waals surface area (Å²) in [4.78, 5) is 41.2. The van der Waals surface area contributed by atoms with Crippen molar-refractivity contribution in [2.45, 2.75) is 644 Å². The average molecular weight is 1670 g/mol. The quantitative estimate of drug-likeness (QED) is 0.0544. The molecule has 0 aromatic rings. The summed E-state index contributed by atoms with van der Waals surface area (Å²) in [6, 6.07) is 0. The van der Waals surface area contributed by atoms with Crippen molar-refractivity contribution in [1.29, 1.82) is 0 Å². The molecule has 0 saturated heterocycles. The smallest absolute Gasteiger partial charge is 0.550 e. The van der Waals surface area contributed by atoms with Gasteiger partial charge in [-0.05, 0) is 51.4 Å². The van der Waals surface area contributed by atoms with Gasteiger partial charge in [-0.1, -0.05) is 593 Å². The molecule has 0 fully saturated rings. The molecule has 113 heavy (non-hydrogen) atoms. The van der Waals surface area contributed by atoms with Crippen molar-refractivity contribution in [3.8, 4) is 0 Å². The zero-order valence-electron chi connectivity index (χ0n) is 77.6. The molecule has 0 atom stereocenters. The number of aliphatic carboxylic acids is 4. The zero-order valence-corrected chi connectivity index (χ0v) is 80.1. The maximum atomic E-state index is 10.3. The Balaban J connectivity index is -0.000000457. The predicted octanol–water partition coefficient (Wildman–Crippen LogP) is 32.5. The van der Waals surface area contributed by atoms with Crippen LogP contribution in [0.25, 0.3) is 0 Å². The van der Waals surface area contributed by atoms with E-state index in [1.165, 1.54) is 539 Å². The first kappa shape index (κ1) is 120. The molecule has 0 heterocycles. The number of hydrogen-bond acceptors (Lipinski definition) is 8. The van der Waals surface area contributed by atoms with Crippen molar-refractivity contribution < 1.29 is 65.8 Å². The maximum Gasteiger partial charge on any atom is 4.00 e. The summed E-state index contributed by atoms with van der Waals surface area (Å²) in [5.41, 5.74) is 0. The van der Waals surface area contributed by atoms with E-state index in [0.717, 1.165) is 51.4 Å². The minimum atomic E-state index is -0.900. The summed E-state index contributed by atoms with van der Waals surface area (Å²) >= 11 is 0. The van der Waals surface area contributed by atoms with Crippen LogP contribution in [-0.4, -0.2) is 23.9 Å². The monoisotopic (exact) mass is 1670 g/mol. The average Bonchev–Trinajstić information content (AvgIpc) is 2.99. The molecule has 0 amide bonds. The first-order valence-corrected chi connectivity index (χ1v) is 51.9. The number of rotatable bonds is 96. The van der Waals surface area contributed by atoms with Crippen LogP contribution >= 0.6 is 0 Å². The molecule has 672 valence electrons. The third-order valence-corrected chi connectivity index (χ3v) is 23.9. The fraction of sp³-hybridized carbons (Fsp3) is 0.962. The van der Waals surface area contributed by atoms with Gasteiger partial charge in [0.1, 0.15) is 0 Å². The van der Waals surface area contributed by atoms with Crippen molar-refractivity contribution >= 4 is 23.9 Å². The van der Waals surface area contributed by atoms with Crippen LogP contribution in [0.1, 0.15) is 644 Å². The van der Waals surface area contributed by atoms with Gasteiger partial charge in [-0.2, -0.15) is 0 Å². The van der Waals surface area contributed by atoms with E-state index in [9.17, 15) is 39.6 Å².